The first-order valence-corrected chi connectivity index (χ1v) is 10.8. The quantitative estimate of drug-likeness (QED) is 0.602. The second-order valence-electron chi connectivity index (χ2n) is 9.08. The number of rotatable bonds is 3. The van der Waals surface area contributed by atoms with Gasteiger partial charge in [-0.1, -0.05) is 32.9 Å². The van der Waals surface area contributed by atoms with E-state index in [1.807, 2.05) is 12.1 Å². The number of aromatic nitrogens is 4. The lowest BCUT2D eigenvalue weighted by Gasteiger charge is -2.29. The van der Waals surface area contributed by atoms with Gasteiger partial charge >= 0.3 is 0 Å². The topological polar surface area (TPSA) is 97.6 Å². The maximum Gasteiger partial charge on any atom is 0.272 e. The van der Waals surface area contributed by atoms with Crippen LogP contribution < -0.4 is 26.7 Å². The number of nitrogens with one attached hydrogen (secondary N) is 3. The van der Waals surface area contributed by atoms with E-state index in [0.29, 0.717) is 5.69 Å². The molecule has 1 saturated heterocycles. The average molecular weight is 420 g/mol. The molecule has 0 amide bonds. The summed E-state index contributed by atoms with van der Waals surface area (Å²) in [5, 5.41) is 0.415. The third-order valence-electron chi connectivity index (χ3n) is 5.59. The zero-order chi connectivity index (χ0) is 22.0. The first-order valence-electron chi connectivity index (χ1n) is 10.8. The number of nitrogens with zero attached hydrogens (tertiary/aromatic N) is 2. The van der Waals surface area contributed by atoms with Crippen LogP contribution in [-0.4, -0.2) is 33.0 Å². The monoisotopic (exact) mass is 419 g/mol. The van der Waals surface area contributed by atoms with Crippen LogP contribution in [0.4, 0.5) is 5.69 Å². The number of imidazole rings is 1. The maximum atomic E-state index is 12.7. The minimum absolute atomic E-state index is 0.164. The fraction of sp³-hybridized carbons (Fsp3) is 0.375. The van der Waals surface area contributed by atoms with Gasteiger partial charge < -0.3 is 19.9 Å². The summed E-state index contributed by atoms with van der Waals surface area (Å²) in [6.07, 6.45) is 8.59. The second-order valence-corrected chi connectivity index (χ2v) is 9.08. The van der Waals surface area contributed by atoms with Gasteiger partial charge in [0, 0.05) is 29.9 Å². The highest BCUT2D eigenvalue weighted by atomic mass is 16.1. The minimum Gasteiger partial charge on any atom is -0.372 e. The fourth-order valence-corrected chi connectivity index (χ4v) is 3.98. The Morgan fingerprint density at radius 3 is 2.32 bits per heavy atom. The predicted molar refractivity (Wildman–Crippen MR) is 124 cm³/mol. The summed E-state index contributed by atoms with van der Waals surface area (Å²) < 4.78 is 0. The van der Waals surface area contributed by atoms with Crippen molar-refractivity contribution >= 4 is 17.8 Å². The van der Waals surface area contributed by atoms with E-state index in [0.717, 1.165) is 30.0 Å². The molecule has 0 bridgehead atoms. The Balaban J connectivity index is 1.72. The molecule has 4 rings (SSSR count). The Hall–Kier alpha value is -3.35. The van der Waals surface area contributed by atoms with Crippen LogP contribution >= 0.6 is 0 Å². The number of hydrogen-bond acceptors (Lipinski definition) is 4. The molecule has 2 aromatic heterocycles. The number of H-pyrrole nitrogens is 3. The SMILES string of the molecule is CC(C)(C)c1[nH]cnc1/C=c1\[nH]c(=O)/c(=C/c2cccc(N3CCCCC3)c2)[nH]c1=O. The molecular formula is C24H29N5O2. The van der Waals surface area contributed by atoms with Crippen molar-refractivity contribution in [2.24, 2.45) is 0 Å². The molecule has 0 saturated carbocycles. The summed E-state index contributed by atoms with van der Waals surface area (Å²) in [7, 11) is 0. The summed E-state index contributed by atoms with van der Waals surface area (Å²) in [6.45, 7) is 8.27. The molecule has 0 atom stereocenters. The molecule has 1 fully saturated rings. The minimum atomic E-state index is -0.360. The third-order valence-corrected chi connectivity index (χ3v) is 5.59. The summed E-state index contributed by atoms with van der Waals surface area (Å²) in [5.74, 6) is 0. The number of benzene rings is 1. The van der Waals surface area contributed by atoms with E-state index >= 15 is 0 Å². The van der Waals surface area contributed by atoms with Gasteiger partial charge in [0.25, 0.3) is 11.1 Å². The van der Waals surface area contributed by atoms with Crippen molar-refractivity contribution in [2.45, 2.75) is 45.4 Å². The van der Waals surface area contributed by atoms with Crippen molar-refractivity contribution in [3.63, 3.8) is 0 Å². The highest BCUT2D eigenvalue weighted by Gasteiger charge is 2.19. The van der Waals surface area contributed by atoms with E-state index in [1.54, 1.807) is 18.5 Å². The maximum absolute atomic E-state index is 12.7. The largest absolute Gasteiger partial charge is 0.372 e. The number of anilines is 1. The van der Waals surface area contributed by atoms with Crippen molar-refractivity contribution in [1.82, 2.24) is 19.9 Å². The van der Waals surface area contributed by atoms with Crippen LogP contribution in [0.1, 0.15) is 57.0 Å². The molecule has 1 aliphatic rings. The summed E-state index contributed by atoms with van der Waals surface area (Å²) >= 11 is 0. The molecule has 31 heavy (non-hydrogen) atoms. The highest BCUT2D eigenvalue weighted by molar-refractivity contribution is 5.58. The van der Waals surface area contributed by atoms with Gasteiger partial charge in [-0.15, -0.1) is 0 Å². The zero-order valence-corrected chi connectivity index (χ0v) is 18.3. The van der Waals surface area contributed by atoms with Gasteiger partial charge in [-0.05, 0) is 49.1 Å². The van der Waals surface area contributed by atoms with Crippen LogP contribution in [0.15, 0.2) is 40.2 Å². The molecule has 0 radical (unpaired) electrons. The van der Waals surface area contributed by atoms with E-state index in [4.69, 9.17) is 0 Å². The molecule has 7 nitrogen and oxygen atoms in total. The van der Waals surface area contributed by atoms with Gasteiger partial charge in [0.2, 0.25) is 0 Å². The van der Waals surface area contributed by atoms with E-state index < -0.39 is 0 Å². The van der Waals surface area contributed by atoms with Gasteiger partial charge in [-0.3, -0.25) is 9.59 Å². The predicted octanol–water partition coefficient (Wildman–Crippen LogP) is 1.73. The Morgan fingerprint density at radius 2 is 1.65 bits per heavy atom. The van der Waals surface area contributed by atoms with Crippen LogP contribution in [0.5, 0.6) is 0 Å². The Labute approximate surface area is 180 Å². The molecule has 7 heteroatoms. The van der Waals surface area contributed by atoms with Crippen molar-refractivity contribution < 1.29 is 0 Å². The fourth-order valence-electron chi connectivity index (χ4n) is 3.98. The Kier molecular flexibility index (Phi) is 5.67. The normalized spacial score (nSPS) is 16.2. The zero-order valence-electron chi connectivity index (χ0n) is 18.3. The van der Waals surface area contributed by atoms with Crippen LogP contribution in [0.3, 0.4) is 0 Å². The van der Waals surface area contributed by atoms with Crippen LogP contribution in [0.2, 0.25) is 0 Å². The molecule has 0 aliphatic carbocycles. The van der Waals surface area contributed by atoms with Crippen molar-refractivity contribution in [3.05, 3.63) is 78.9 Å². The van der Waals surface area contributed by atoms with Gasteiger partial charge in [-0.25, -0.2) is 4.98 Å². The Bertz CT molecular complexity index is 1300. The second kappa shape index (κ2) is 8.41. The lowest BCUT2D eigenvalue weighted by Crippen LogP contribution is -2.46. The molecule has 162 valence electrons. The number of hydrogen-bond donors (Lipinski definition) is 3. The van der Waals surface area contributed by atoms with Gasteiger partial charge in [-0.2, -0.15) is 0 Å². The lowest BCUT2D eigenvalue weighted by molar-refractivity contribution is 0.571. The number of piperidine rings is 1. The average Bonchev–Trinajstić information content (AvgIpc) is 3.21. The molecule has 1 aromatic carbocycles. The van der Waals surface area contributed by atoms with Crippen LogP contribution in [0, 0.1) is 0 Å². The smallest absolute Gasteiger partial charge is 0.272 e. The molecule has 3 aromatic rings. The lowest BCUT2D eigenvalue weighted by atomic mass is 9.90. The van der Waals surface area contributed by atoms with E-state index in [9.17, 15) is 9.59 Å². The summed E-state index contributed by atoms with van der Waals surface area (Å²) in [4.78, 5) is 40.6. The molecule has 0 spiro atoms. The molecule has 0 unspecified atom stereocenters. The van der Waals surface area contributed by atoms with Crippen molar-refractivity contribution in [1.29, 1.82) is 0 Å². The highest BCUT2D eigenvalue weighted by Crippen LogP contribution is 2.23. The van der Waals surface area contributed by atoms with E-state index in [2.05, 4.69) is 57.7 Å². The Morgan fingerprint density at radius 1 is 0.968 bits per heavy atom. The molecule has 1 aliphatic heterocycles. The standard InChI is InChI=1S/C24H29N5O2/c1-24(2,3)21-18(25-15-26-21)14-20-23(31)27-19(22(30)28-20)13-16-8-7-9-17(12-16)29-10-5-4-6-11-29/h7-9,12-15H,4-6,10-11H2,1-3H3,(H,25,26)(H,27,31)(H,28,30)/b19-13-,20-14-. The van der Waals surface area contributed by atoms with Crippen LogP contribution in [-0.2, 0) is 5.41 Å². The van der Waals surface area contributed by atoms with E-state index in [1.165, 1.54) is 19.3 Å². The summed E-state index contributed by atoms with van der Waals surface area (Å²) in [5.41, 5.74) is 2.69. The molecule has 3 N–H and O–H groups in total. The number of aromatic amines is 3. The van der Waals surface area contributed by atoms with Crippen molar-refractivity contribution in [2.75, 3.05) is 18.0 Å². The first-order chi connectivity index (χ1) is 14.8. The van der Waals surface area contributed by atoms with E-state index in [-0.39, 0.29) is 27.2 Å². The summed E-state index contributed by atoms with van der Waals surface area (Å²) in [6, 6.07) is 8.06. The first kappa shape index (κ1) is 20.9. The van der Waals surface area contributed by atoms with Crippen molar-refractivity contribution in [3.8, 4) is 0 Å². The van der Waals surface area contributed by atoms with Gasteiger partial charge in [0.15, 0.2) is 0 Å². The molecule has 3 heterocycles. The van der Waals surface area contributed by atoms with Crippen LogP contribution in [0.25, 0.3) is 12.2 Å². The third kappa shape index (κ3) is 4.71. The van der Waals surface area contributed by atoms with Gasteiger partial charge in [0.05, 0.1) is 12.0 Å². The van der Waals surface area contributed by atoms with Gasteiger partial charge in [0.1, 0.15) is 10.7 Å². The molecular weight excluding hydrogens is 390 g/mol.